The standard InChI is InChI=1S/C22H23N2O4P/c1-22(17-24(25)26,18-13-15-19(28-2)16-14-18)23-29(27,20-9-5-3-6-10-20)21-11-7-4-8-12-21/h3-16H,17H2,1-2H3,(H,23,27). The van der Waals surface area contributed by atoms with E-state index in [0.717, 1.165) is 0 Å². The molecule has 6 nitrogen and oxygen atoms in total. The van der Waals surface area contributed by atoms with Crippen LogP contribution in [0.15, 0.2) is 84.9 Å². The molecule has 0 amide bonds. The summed E-state index contributed by atoms with van der Waals surface area (Å²) in [7, 11) is -1.81. The van der Waals surface area contributed by atoms with E-state index in [-0.39, 0.29) is 0 Å². The molecule has 0 aliphatic rings. The highest BCUT2D eigenvalue weighted by molar-refractivity contribution is 7.77. The lowest BCUT2D eigenvalue weighted by Crippen LogP contribution is -2.47. The molecule has 0 bridgehead atoms. The summed E-state index contributed by atoms with van der Waals surface area (Å²) in [4.78, 5) is 11.1. The summed E-state index contributed by atoms with van der Waals surface area (Å²) in [5.74, 6) is 0.645. The summed E-state index contributed by atoms with van der Waals surface area (Å²) in [6.07, 6.45) is 0. The Kier molecular flexibility index (Phi) is 6.16. The first-order chi connectivity index (χ1) is 13.9. The molecule has 0 aliphatic heterocycles. The highest BCUT2D eigenvalue weighted by Crippen LogP contribution is 2.43. The molecular formula is C22H23N2O4P. The smallest absolute Gasteiger partial charge is 0.226 e. The van der Waals surface area contributed by atoms with Crippen LogP contribution in [0.2, 0.25) is 0 Å². The number of methoxy groups -OCH3 is 1. The van der Waals surface area contributed by atoms with Crippen molar-refractivity contribution in [2.75, 3.05) is 13.7 Å². The number of benzene rings is 3. The van der Waals surface area contributed by atoms with Gasteiger partial charge in [-0.1, -0.05) is 48.5 Å². The third kappa shape index (κ3) is 4.56. The Labute approximate surface area is 170 Å². The Morgan fingerprint density at radius 3 is 1.83 bits per heavy atom. The minimum Gasteiger partial charge on any atom is -0.497 e. The van der Waals surface area contributed by atoms with Gasteiger partial charge >= 0.3 is 0 Å². The average molecular weight is 410 g/mol. The van der Waals surface area contributed by atoms with Gasteiger partial charge in [0.15, 0.2) is 0 Å². The van der Waals surface area contributed by atoms with Crippen LogP contribution in [0.1, 0.15) is 12.5 Å². The maximum atomic E-state index is 14.4. The summed E-state index contributed by atoms with van der Waals surface area (Å²) >= 11 is 0. The molecule has 0 heterocycles. The number of rotatable bonds is 8. The van der Waals surface area contributed by atoms with Crippen molar-refractivity contribution in [2.24, 2.45) is 0 Å². The van der Waals surface area contributed by atoms with Gasteiger partial charge < -0.3 is 4.74 Å². The Bertz CT molecular complexity index is 967. The van der Waals surface area contributed by atoms with Gasteiger partial charge in [-0.05, 0) is 48.9 Å². The molecule has 3 aromatic rings. The van der Waals surface area contributed by atoms with Crippen LogP contribution in [-0.2, 0) is 10.1 Å². The van der Waals surface area contributed by atoms with Crippen LogP contribution in [0.25, 0.3) is 0 Å². The first kappa shape index (κ1) is 20.8. The molecule has 1 N–H and O–H groups in total. The lowest BCUT2D eigenvalue weighted by Gasteiger charge is -2.33. The van der Waals surface area contributed by atoms with Gasteiger partial charge in [0.25, 0.3) is 0 Å². The van der Waals surface area contributed by atoms with Gasteiger partial charge in [-0.3, -0.25) is 14.7 Å². The molecule has 0 saturated heterocycles. The van der Waals surface area contributed by atoms with E-state index in [0.29, 0.717) is 21.9 Å². The number of ether oxygens (including phenoxy) is 1. The van der Waals surface area contributed by atoms with Gasteiger partial charge in [0.2, 0.25) is 13.8 Å². The minimum absolute atomic E-state index is 0.391. The zero-order valence-electron chi connectivity index (χ0n) is 16.3. The maximum Gasteiger partial charge on any atom is 0.226 e. The number of hydrogen-bond acceptors (Lipinski definition) is 4. The van der Waals surface area contributed by atoms with E-state index in [1.165, 1.54) is 0 Å². The summed E-state index contributed by atoms with van der Waals surface area (Å²) in [6, 6.07) is 25.1. The van der Waals surface area contributed by atoms with Crippen LogP contribution in [0.4, 0.5) is 0 Å². The topological polar surface area (TPSA) is 81.5 Å². The quantitative estimate of drug-likeness (QED) is 0.348. The Morgan fingerprint density at radius 2 is 1.41 bits per heavy atom. The third-order valence-corrected chi connectivity index (χ3v) is 7.68. The van der Waals surface area contributed by atoms with Gasteiger partial charge in [0.05, 0.1) is 7.11 Å². The average Bonchev–Trinajstić information content (AvgIpc) is 2.74. The van der Waals surface area contributed by atoms with Crippen LogP contribution in [0.3, 0.4) is 0 Å². The molecule has 1 atom stereocenters. The normalized spacial score (nSPS) is 13.4. The van der Waals surface area contributed by atoms with Gasteiger partial charge in [-0.2, -0.15) is 0 Å². The fourth-order valence-electron chi connectivity index (χ4n) is 3.31. The van der Waals surface area contributed by atoms with Gasteiger partial charge in [0.1, 0.15) is 11.3 Å². The highest BCUT2D eigenvalue weighted by Gasteiger charge is 2.41. The molecule has 29 heavy (non-hydrogen) atoms. The number of nitrogens with one attached hydrogen (secondary N) is 1. The Morgan fingerprint density at radius 1 is 0.931 bits per heavy atom. The summed E-state index contributed by atoms with van der Waals surface area (Å²) in [5.41, 5.74) is -0.515. The Hall–Kier alpha value is -2.95. The van der Waals surface area contributed by atoms with Gasteiger partial charge in [0, 0.05) is 15.5 Å². The molecule has 3 aromatic carbocycles. The zero-order valence-corrected chi connectivity index (χ0v) is 17.2. The largest absolute Gasteiger partial charge is 0.497 e. The first-order valence-corrected chi connectivity index (χ1v) is 10.9. The highest BCUT2D eigenvalue weighted by atomic mass is 31.2. The van der Waals surface area contributed by atoms with Crippen LogP contribution in [-0.4, -0.2) is 18.6 Å². The molecule has 0 aliphatic carbocycles. The molecule has 0 saturated carbocycles. The second kappa shape index (κ2) is 8.60. The summed E-state index contributed by atoms with van der Waals surface area (Å²) < 4.78 is 19.5. The van der Waals surface area contributed by atoms with E-state index < -0.39 is 24.3 Å². The van der Waals surface area contributed by atoms with Crippen molar-refractivity contribution >= 4 is 17.9 Å². The van der Waals surface area contributed by atoms with E-state index in [4.69, 9.17) is 4.74 Å². The van der Waals surface area contributed by atoms with Crippen LogP contribution < -0.4 is 20.4 Å². The van der Waals surface area contributed by atoms with E-state index in [1.807, 2.05) is 36.4 Å². The monoisotopic (exact) mass is 410 g/mol. The van der Waals surface area contributed by atoms with Crippen molar-refractivity contribution in [3.05, 3.63) is 101 Å². The molecule has 150 valence electrons. The van der Waals surface area contributed by atoms with Crippen molar-refractivity contribution < 1.29 is 14.2 Å². The van der Waals surface area contributed by atoms with E-state index in [1.54, 1.807) is 62.6 Å². The molecule has 1 unspecified atom stereocenters. The summed E-state index contributed by atoms with van der Waals surface area (Å²) in [5, 5.41) is 15.9. The maximum absolute atomic E-state index is 14.4. The van der Waals surface area contributed by atoms with Crippen molar-refractivity contribution in [1.29, 1.82) is 0 Å². The lowest BCUT2D eigenvalue weighted by molar-refractivity contribution is -0.490. The molecule has 0 aromatic heterocycles. The van der Waals surface area contributed by atoms with Crippen molar-refractivity contribution in [3.63, 3.8) is 0 Å². The fraction of sp³-hybridized carbons (Fsp3) is 0.182. The number of nitro groups is 1. The van der Waals surface area contributed by atoms with E-state index >= 15 is 0 Å². The van der Waals surface area contributed by atoms with Crippen molar-refractivity contribution in [1.82, 2.24) is 5.09 Å². The van der Waals surface area contributed by atoms with E-state index in [2.05, 4.69) is 5.09 Å². The molecule has 0 fully saturated rings. The third-order valence-electron chi connectivity index (χ3n) is 4.82. The van der Waals surface area contributed by atoms with Crippen LogP contribution in [0, 0.1) is 10.1 Å². The molecule has 0 radical (unpaired) electrons. The second-order valence-electron chi connectivity index (χ2n) is 6.94. The lowest BCUT2D eigenvalue weighted by atomic mass is 9.93. The predicted molar refractivity (Wildman–Crippen MR) is 115 cm³/mol. The van der Waals surface area contributed by atoms with Crippen molar-refractivity contribution in [2.45, 2.75) is 12.5 Å². The van der Waals surface area contributed by atoms with E-state index in [9.17, 15) is 14.7 Å². The van der Waals surface area contributed by atoms with Crippen LogP contribution >= 0.6 is 7.29 Å². The fourth-order valence-corrected chi connectivity index (χ4v) is 5.94. The molecular weight excluding hydrogens is 387 g/mol. The van der Waals surface area contributed by atoms with Crippen molar-refractivity contribution in [3.8, 4) is 5.75 Å². The first-order valence-electron chi connectivity index (χ1n) is 9.14. The van der Waals surface area contributed by atoms with Gasteiger partial charge in [-0.25, -0.2) is 5.09 Å². The molecule has 7 heteroatoms. The van der Waals surface area contributed by atoms with Gasteiger partial charge in [-0.15, -0.1) is 0 Å². The zero-order chi connectivity index (χ0) is 20.9. The van der Waals surface area contributed by atoms with Crippen LogP contribution in [0.5, 0.6) is 5.75 Å². The Balaban J connectivity index is 2.13. The summed E-state index contributed by atoms with van der Waals surface area (Å²) in [6.45, 7) is 1.28. The predicted octanol–water partition coefficient (Wildman–Crippen LogP) is 3.71. The number of hydrogen-bond donors (Lipinski definition) is 1. The minimum atomic E-state index is -3.37. The number of nitrogens with zero attached hydrogens (tertiary/aromatic N) is 1. The second-order valence-corrected chi connectivity index (χ2v) is 9.42. The molecule has 0 spiro atoms. The SMILES string of the molecule is COc1ccc(C(C)(C[N+](=O)[O-])NP(=O)(c2ccccc2)c2ccccc2)cc1. The molecule has 3 rings (SSSR count).